The van der Waals surface area contributed by atoms with Gasteiger partial charge in [0.25, 0.3) is 27.1 Å². The van der Waals surface area contributed by atoms with Crippen LogP contribution in [0.2, 0.25) is 0 Å². The predicted octanol–water partition coefficient (Wildman–Crippen LogP) is -1.62. The fourth-order valence-electron chi connectivity index (χ4n) is 3.25. The highest BCUT2D eigenvalue weighted by molar-refractivity contribution is 7.59. The molecule has 14 nitrogen and oxygen atoms in total. The lowest BCUT2D eigenvalue weighted by atomic mass is 10.1. The van der Waals surface area contributed by atoms with Gasteiger partial charge in [-0.1, -0.05) is 30.3 Å². The van der Waals surface area contributed by atoms with Crippen LogP contribution in [0.25, 0.3) is 0 Å². The fraction of sp³-hybridized carbons (Fsp3) is 0.412. The summed E-state index contributed by atoms with van der Waals surface area (Å²) >= 11 is 0. The lowest BCUT2D eigenvalue weighted by Gasteiger charge is -2.28. The molecule has 1 aromatic heterocycles. The van der Waals surface area contributed by atoms with Crippen molar-refractivity contribution in [3.63, 3.8) is 0 Å². The van der Waals surface area contributed by atoms with Gasteiger partial charge in [-0.15, -0.1) is 0 Å². The highest BCUT2D eigenvalue weighted by atomic mass is 31.3. The van der Waals surface area contributed by atoms with Crippen molar-refractivity contribution in [1.29, 1.82) is 0 Å². The van der Waals surface area contributed by atoms with Crippen molar-refractivity contribution in [2.24, 2.45) is 0 Å². The Kier molecular flexibility index (Phi) is 7.94. The minimum atomic E-state index is -5.73. The molecule has 3 rings (SSSR count). The molecule has 3 N–H and O–H groups in total. The Morgan fingerprint density at radius 3 is 2.31 bits per heavy atom. The minimum absolute atomic E-state index is 0.187. The van der Waals surface area contributed by atoms with E-state index < -0.39 is 76.1 Å². The van der Waals surface area contributed by atoms with Crippen LogP contribution in [0.5, 0.6) is 0 Å². The number of aromatic nitrogens is 2. The van der Waals surface area contributed by atoms with Gasteiger partial charge in [-0.05, 0) is 0 Å². The SMILES string of the molecule is O=c1ccn(C2OC(COP(=O)([O-])OP(=O)([O-])O)C(O)[C@@H]2O)c(=O)n1CC(F)(F)c1ccccc1. The average molecular weight is 542 g/mol. The number of aliphatic hydroxyl groups excluding tert-OH is 2. The molecule has 0 aliphatic carbocycles. The molecule has 194 valence electrons. The fourth-order valence-corrected chi connectivity index (χ4v) is 4.78. The molecule has 1 aliphatic heterocycles. The van der Waals surface area contributed by atoms with Gasteiger partial charge in [-0.2, -0.15) is 8.78 Å². The molecule has 0 saturated carbocycles. The van der Waals surface area contributed by atoms with E-state index in [4.69, 9.17) is 9.63 Å². The van der Waals surface area contributed by atoms with Crippen molar-refractivity contribution in [2.75, 3.05) is 6.61 Å². The van der Waals surface area contributed by atoms with Gasteiger partial charge in [0.2, 0.25) is 0 Å². The van der Waals surface area contributed by atoms with Gasteiger partial charge in [-0.3, -0.25) is 23.1 Å². The molecular weight excluding hydrogens is 524 g/mol. The first-order valence-electron chi connectivity index (χ1n) is 9.59. The number of halogens is 2. The molecule has 6 atom stereocenters. The van der Waals surface area contributed by atoms with Crippen LogP contribution >= 0.6 is 15.6 Å². The summed E-state index contributed by atoms with van der Waals surface area (Å²) in [5.41, 5.74) is -2.90. The molecule has 1 saturated heterocycles. The number of aliphatic hydroxyl groups is 2. The van der Waals surface area contributed by atoms with E-state index >= 15 is 0 Å². The van der Waals surface area contributed by atoms with E-state index in [0.717, 1.165) is 24.4 Å². The number of hydrogen-bond acceptors (Lipinski definition) is 11. The van der Waals surface area contributed by atoms with Crippen LogP contribution in [0.15, 0.2) is 52.2 Å². The first-order chi connectivity index (χ1) is 16.1. The second-order valence-corrected chi connectivity index (χ2v) is 10.1. The Morgan fingerprint density at radius 1 is 1.09 bits per heavy atom. The van der Waals surface area contributed by atoms with Crippen molar-refractivity contribution >= 4 is 15.6 Å². The van der Waals surface area contributed by atoms with Crippen molar-refractivity contribution in [3.8, 4) is 0 Å². The van der Waals surface area contributed by atoms with E-state index in [-0.39, 0.29) is 4.57 Å². The first-order valence-corrected chi connectivity index (χ1v) is 12.5. The molecule has 1 aromatic carbocycles. The topological polar surface area (TPSA) is 213 Å². The molecule has 5 unspecified atom stereocenters. The van der Waals surface area contributed by atoms with Gasteiger partial charge in [0.1, 0.15) is 18.3 Å². The van der Waals surface area contributed by atoms with Gasteiger partial charge in [-0.25, -0.2) is 9.11 Å². The molecule has 18 heteroatoms. The third-order valence-electron chi connectivity index (χ3n) is 4.86. The molecule has 0 bridgehead atoms. The number of rotatable bonds is 9. The summed E-state index contributed by atoms with van der Waals surface area (Å²) in [6.07, 6.45) is -6.50. The molecule has 0 spiro atoms. The molecule has 1 aliphatic rings. The summed E-state index contributed by atoms with van der Waals surface area (Å²) < 4.78 is 64.8. The summed E-state index contributed by atoms with van der Waals surface area (Å²) in [4.78, 5) is 55.4. The Morgan fingerprint density at radius 2 is 1.71 bits per heavy atom. The lowest BCUT2D eigenvalue weighted by Crippen LogP contribution is -2.45. The van der Waals surface area contributed by atoms with Gasteiger partial charge < -0.3 is 34.2 Å². The van der Waals surface area contributed by atoms with Gasteiger partial charge in [0.15, 0.2) is 6.23 Å². The van der Waals surface area contributed by atoms with Crippen LogP contribution < -0.4 is 21.0 Å². The molecule has 2 heterocycles. The maximum Gasteiger partial charge on any atom is 0.333 e. The average Bonchev–Trinajstić information content (AvgIpc) is 3.03. The zero-order chi connectivity index (χ0) is 26.2. The van der Waals surface area contributed by atoms with Crippen molar-refractivity contribution in [3.05, 3.63) is 69.0 Å². The summed E-state index contributed by atoms with van der Waals surface area (Å²) in [6, 6.07) is 7.10. The smallest absolute Gasteiger partial charge is 0.333 e. The summed E-state index contributed by atoms with van der Waals surface area (Å²) in [7, 11) is -11.4. The van der Waals surface area contributed by atoms with E-state index in [2.05, 4.69) is 8.83 Å². The molecule has 1 fully saturated rings. The molecular formula is C17H18F2N2O12P2-2. The zero-order valence-corrected chi connectivity index (χ0v) is 19.1. The Labute approximate surface area is 194 Å². The molecule has 0 amide bonds. The number of phosphoric ester groups is 1. The van der Waals surface area contributed by atoms with E-state index in [0.29, 0.717) is 4.57 Å². The molecule has 2 aromatic rings. The largest absolute Gasteiger partial charge is 0.756 e. The zero-order valence-electron chi connectivity index (χ0n) is 17.3. The van der Waals surface area contributed by atoms with E-state index in [1.165, 1.54) is 18.2 Å². The maximum absolute atomic E-state index is 14.7. The van der Waals surface area contributed by atoms with Gasteiger partial charge in [0.05, 0.1) is 13.2 Å². The lowest BCUT2D eigenvalue weighted by molar-refractivity contribution is -0.242. The van der Waals surface area contributed by atoms with E-state index in [1.54, 1.807) is 0 Å². The van der Waals surface area contributed by atoms with Crippen LogP contribution in [0.4, 0.5) is 8.78 Å². The van der Waals surface area contributed by atoms with Crippen LogP contribution in [0, 0.1) is 0 Å². The standard InChI is InChI=1S/C17H20F2N2O12P2/c18-17(19,10-4-2-1-3-5-10)9-21-12(22)6-7-20(16(21)25)15-14(24)13(23)11(32-15)8-31-35(29,30)33-34(26,27)28/h1-7,11,13-15,23-24H,8-9H2,(H,29,30)(H2,26,27,28)/p-2/t11?,13?,14-,15?/m0/s1. The minimum Gasteiger partial charge on any atom is -0.756 e. The monoisotopic (exact) mass is 542 g/mol. The van der Waals surface area contributed by atoms with Crippen molar-refractivity contribution in [2.45, 2.75) is 37.0 Å². The second kappa shape index (κ2) is 10.1. The number of hydrogen-bond donors (Lipinski definition) is 3. The normalized spacial score (nSPS) is 26.3. The van der Waals surface area contributed by atoms with Crippen LogP contribution in [-0.4, -0.2) is 49.2 Å². The second-order valence-electron chi connectivity index (χ2n) is 7.34. The summed E-state index contributed by atoms with van der Waals surface area (Å²) in [5, 5.41) is 20.4. The Balaban J connectivity index is 1.82. The summed E-state index contributed by atoms with van der Waals surface area (Å²) in [5.74, 6) is -3.64. The maximum atomic E-state index is 14.7. The molecule has 35 heavy (non-hydrogen) atoms. The number of phosphoric acid groups is 2. The Hall–Kier alpha value is -2.10. The van der Waals surface area contributed by atoms with Gasteiger partial charge >= 0.3 is 5.69 Å². The number of ether oxygens (including phenoxy) is 1. The number of nitrogens with zero attached hydrogens (tertiary/aromatic N) is 2. The third kappa shape index (κ3) is 6.57. The predicted molar refractivity (Wildman–Crippen MR) is 106 cm³/mol. The van der Waals surface area contributed by atoms with E-state index in [9.17, 15) is 47.5 Å². The van der Waals surface area contributed by atoms with E-state index in [1.807, 2.05) is 0 Å². The quantitative estimate of drug-likeness (QED) is 0.305. The first kappa shape index (κ1) is 27.5. The molecule has 0 radical (unpaired) electrons. The highest BCUT2D eigenvalue weighted by Gasteiger charge is 2.45. The summed E-state index contributed by atoms with van der Waals surface area (Å²) in [6.45, 7) is -2.49. The van der Waals surface area contributed by atoms with Crippen molar-refractivity contribution in [1.82, 2.24) is 9.13 Å². The van der Waals surface area contributed by atoms with Gasteiger partial charge in [0, 0.05) is 17.8 Å². The third-order valence-corrected chi connectivity index (χ3v) is 6.95. The highest BCUT2D eigenvalue weighted by Crippen LogP contribution is 2.52. The van der Waals surface area contributed by atoms with Crippen LogP contribution in [0.3, 0.4) is 0 Å². The van der Waals surface area contributed by atoms with Crippen LogP contribution in [0.1, 0.15) is 11.8 Å². The van der Waals surface area contributed by atoms with Crippen molar-refractivity contribution < 1.29 is 56.4 Å². The number of benzene rings is 1. The number of alkyl halides is 2. The van der Waals surface area contributed by atoms with Crippen LogP contribution in [-0.2, 0) is 35.2 Å². The Bertz CT molecular complexity index is 1260.